The quantitative estimate of drug-likeness (QED) is 0.0738. The van der Waals surface area contributed by atoms with Crippen LogP contribution in [0.1, 0.15) is 55.4 Å². The third-order valence-corrected chi connectivity index (χ3v) is 15.0. The Kier molecular flexibility index (Phi) is 19.1. The standard InChI is InChI=1S/C15H27NSi.3C6F5.C5H7.Al.Ti/c1-10-11(2)13(4)14(12(10)3)17(8,9)16-15(5,6)7;3*7-2-1-3(8)5(10)6(11)4(2)9;1-3-5-4-2;;/h1-9H3;;;;1,3-5H,2H3;;/q-1;;;;-1;;+2. The minimum absolute atomic E-state index is 0. The molecule has 1 aliphatic rings. The van der Waals surface area contributed by atoms with E-state index in [-0.39, 0.29) is 27.3 Å². The summed E-state index contributed by atoms with van der Waals surface area (Å²) in [6.07, 6.45) is 5.15. The summed E-state index contributed by atoms with van der Waals surface area (Å²) in [5, 5.41) is 0. The molecule has 0 bridgehead atoms. The number of hydrogen-bond donors (Lipinski definition) is 0. The molecule has 1 aliphatic carbocycles. The average Bonchev–Trinajstić information content (AvgIpc) is 3.31. The maximum absolute atomic E-state index is 14.4. The van der Waals surface area contributed by atoms with Crippen LogP contribution in [0.4, 0.5) is 65.9 Å². The summed E-state index contributed by atoms with van der Waals surface area (Å²) >= 11 is -5.96. The second kappa shape index (κ2) is 20.5. The fourth-order valence-corrected chi connectivity index (χ4v) is 13.3. The van der Waals surface area contributed by atoms with Crippen LogP contribution in [0.15, 0.2) is 0 Å². The first kappa shape index (κ1) is 53.1. The number of rotatable bonds is 7. The van der Waals surface area contributed by atoms with E-state index in [4.69, 9.17) is 11.9 Å². The Labute approximate surface area is 343 Å². The maximum atomic E-state index is 14.4. The molecule has 3 aromatic carbocycles. The zero-order valence-corrected chi connectivity index (χ0v) is 35.7. The molecule has 0 amide bonds. The molecule has 0 N–H and O–H groups in total. The van der Waals surface area contributed by atoms with Gasteiger partial charge in [-0.2, -0.15) is 0 Å². The van der Waals surface area contributed by atoms with Crippen molar-refractivity contribution in [1.29, 1.82) is 0 Å². The molecular formula is C38H34AlF15NSiTi. The van der Waals surface area contributed by atoms with E-state index in [0.29, 0.717) is 0 Å². The van der Waals surface area contributed by atoms with Gasteiger partial charge in [-0.15, -0.1) is 5.54 Å². The molecule has 1 saturated carbocycles. The molecule has 0 unspecified atom stereocenters. The van der Waals surface area contributed by atoms with Crippen LogP contribution in [0.25, 0.3) is 4.98 Å². The minimum Gasteiger partial charge on any atom is -0.659 e. The molecule has 307 valence electrons. The Hall–Kier alpha value is -1.97. The van der Waals surface area contributed by atoms with Crippen molar-refractivity contribution >= 4 is 35.7 Å². The van der Waals surface area contributed by atoms with Gasteiger partial charge in [0.1, 0.15) is 0 Å². The second-order valence-corrected chi connectivity index (χ2v) is 20.3. The van der Waals surface area contributed by atoms with Crippen molar-refractivity contribution in [3.63, 3.8) is 0 Å². The van der Waals surface area contributed by atoms with E-state index in [9.17, 15) is 65.9 Å². The minimum atomic E-state index is -5.96. The third kappa shape index (κ3) is 10.9. The van der Waals surface area contributed by atoms with Crippen molar-refractivity contribution in [2.45, 2.75) is 74.0 Å². The van der Waals surface area contributed by atoms with Gasteiger partial charge in [-0.3, -0.25) is 0 Å². The summed E-state index contributed by atoms with van der Waals surface area (Å²) in [4.78, 5) is 5.13. The Bertz CT molecular complexity index is 1640. The summed E-state index contributed by atoms with van der Waals surface area (Å²) in [6, 6.07) is 0. The van der Waals surface area contributed by atoms with Gasteiger partial charge in [0.25, 0.3) is 0 Å². The second-order valence-electron chi connectivity index (χ2n) is 13.8. The third-order valence-electron chi connectivity index (χ3n) is 8.57. The molecule has 0 aromatic heterocycles. The summed E-state index contributed by atoms with van der Waals surface area (Å²) in [5.41, 5.74) is 1.62. The molecule has 19 heteroatoms. The van der Waals surface area contributed by atoms with E-state index in [0.717, 1.165) is 0 Å². The molecule has 57 heavy (non-hydrogen) atoms. The normalized spacial score (nSPS) is 14.6. The van der Waals surface area contributed by atoms with E-state index < -0.39 is 123 Å². The summed E-state index contributed by atoms with van der Waals surface area (Å²) in [7, 11) is -1.69. The van der Waals surface area contributed by atoms with Gasteiger partial charge in [0.05, 0.1) is 0 Å². The zero-order chi connectivity index (χ0) is 43.7. The molecule has 4 rings (SSSR count). The van der Waals surface area contributed by atoms with Crippen molar-refractivity contribution in [2.24, 2.45) is 0 Å². The Morgan fingerprint density at radius 2 is 0.702 bits per heavy atom. The first-order valence-corrected chi connectivity index (χ1v) is 20.9. The molecule has 0 spiro atoms. The zero-order valence-electron chi connectivity index (χ0n) is 32.0. The molecule has 0 saturated heterocycles. The predicted octanol–water partition coefficient (Wildman–Crippen LogP) is 10.5. The van der Waals surface area contributed by atoms with Crippen LogP contribution in [-0.4, -0.2) is 27.9 Å². The van der Waals surface area contributed by atoms with E-state index in [1.54, 1.807) is 12.0 Å². The van der Waals surface area contributed by atoms with Gasteiger partial charge in [0.2, 0.25) is 0 Å². The van der Waals surface area contributed by atoms with E-state index in [1.165, 1.54) is 30.1 Å². The fraction of sp³-hybridized carbons (Fsp3) is 0.289. The molecule has 0 aliphatic heterocycles. The molecule has 1 fully saturated rings. The smallest absolute Gasteiger partial charge is 0.659 e. The van der Waals surface area contributed by atoms with Crippen LogP contribution in [0.3, 0.4) is 0 Å². The number of benzene rings is 3. The van der Waals surface area contributed by atoms with Crippen molar-refractivity contribution in [3.8, 4) is 0 Å². The number of unbranched alkanes of at least 4 members (excludes halogenated alkanes) is 2. The molecule has 9 radical (unpaired) electrons. The molecular weight excluding hydrogens is 858 g/mol. The Morgan fingerprint density at radius 3 is 0.877 bits per heavy atom. The van der Waals surface area contributed by atoms with Crippen LogP contribution in [0.2, 0.25) is 13.1 Å². The Morgan fingerprint density at radius 1 is 0.474 bits per heavy atom. The first-order chi connectivity index (χ1) is 25.5. The van der Waals surface area contributed by atoms with Crippen molar-refractivity contribution in [1.82, 2.24) is 0 Å². The van der Waals surface area contributed by atoms with Crippen LogP contribution in [0, 0.1) is 143 Å². The number of halogens is 15. The van der Waals surface area contributed by atoms with Gasteiger partial charge in [-0.25, -0.2) is 72.3 Å². The molecule has 3 aromatic rings. The van der Waals surface area contributed by atoms with Gasteiger partial charge in [-0.05, 0) is 48.9 Å². The molecule has 0 atom stereocenters. The van der Waals surface area contributed by atoms with Crippen LogP contribution >= 0.6 is 0 Å². The van der Waals surface area contributed by atoms with Crippen molar-refractivity contribution < 1.29 is 87.6 Å². The fourth-order valence-electron chi connectivity index (χ4n) is 6.20. The van der Waals surface area contributed by atoms with Gasteiger partial charge < -0.3 is 11.9 Å². The largest absolute Gasteiger partial charge is 2.00 e. The topological polar surface area (TPSA) is 14.1 Å². The summed E-state index contributed by atoms with van der Waals surface area (Å²) in [5.74, 6) is -38.7. The SMILES string of the molecule is C[C]1[C](C)[C](C)[C]([Si](C)(C)[N-]C(C)(C)C)[C]1C.Fc1c(F)c(F)[c]([Al]([c]2c(F)c(F)c(F)c(F)c2F)[c]2c(F)c(F)c(F)c(F)c2F)c(F)c1F.[CH-][CH][CH][CH]C.[Ti+2]. The van der Waals surface area contributed by atoms with E-state index in [1.807, 2.05) is 13.3 Å². The monoisotopic (exact) mass is 892 g/mol. The number of hydrogen-bond acceptors (Lipinski definition) is 0. The van der Waals surface area contributed by atoms with E-state index >= 15 is 0 Å². The van der Waals surface area contributed by atoms with Crippen LogP contribution in [0.5, 0.6) is 0 Å². The summed E-state index contributed by atoms with van der Waals surface area (Å²) < 4.78 is 201. The molecule has 0 heterocycles. The summed E-state index contributed by atoms with van der Waals surface area (Å²) in [6.45, 7) is 27.2. The van der Waals surface area contributed by atoms with Gasteiger partial charge in [-0.1, -0.05) is 83.1 Å². The van der Waals surface area contributed by atoms with E-state index in [2.05, 4.69) is 61.6 Å². The maximum Gasteiger partial charge on any atom is 2.00 e. The Balaban J connectivity index is 0.000000589. The van der Waals surface area contributed by atoms with Gasteiger partial charge >= 0.3 is 35.9 Å². The van der Waals surface area contributed by atoms with Crippen LogP contribution in [-0.2, 0) is 21.7 Å². The van der Waals surface area contributed by atoms with Crippen molar-refractivity contribution in [3.05, 3.63) is 148 Å². The molecule has 1 nitrogen and oxygen atoms in total. The number of nitrogens with zero attached hydrogens (tertiary/aromatic N) is 1. The predicted molar refractivity (Wildman–Crippen MR) is 186 cm³/mol. The van der Waals surface area contributed by atoms with Crippen LogP contribution < -0.4 is 13.3 Å². The first-order valence-electron chi connectivity index (χ1n) is 16.2. The average molecular weight is 893 g/mol. The van der Waals surface area contributed by atoms with Gasteiger partial charge in [0, 0.05) is 0 Å². The van der Waals surface area contributed by atoms with Gasteiger partial charge in [0.15, 0.2) is 87.3 Å². The van der Waals surface area contributed by atoms with Crippen molar-refractivity contribution in [2.75, 3.05) is 0 Å².